The Morgan fingerprint density at radius 2 is 1.49 bits per heavy atom. The molecule has 0 saturated heterocycles. The molecule has 11 heteroatoms. The molecule has 2 aromatic carbocycles. The fraction of sp³-hybridized carbons (Fsp3) is 0.536. The van der Waals surface area contributed by atoms with Crippen molar-refractivity contribution >= 4 is 87.2 Å². The summed E-state index contributed by atoms with van der Waals surface area (Å²) >= 11 is 4.48. The molecule has 2 aromatic rings. The summed E-state index contributed by atoms with van der Waals surface area (Å²) in [5.41, 5.74) is 1.11. The lowest BCUT2D eigenvalue weighted by Crippen LogP contribution is -2.37. The summed E-state index contributed by atoms with van der Waals surface area (Å²) in [4.78, 5) is 12.7. The van der Waals surface area contributed by atoms with Crippen LogP contribution < -0.4 is 10.6 Å². The maximum Gasteiger partial charge on any atom is 0.293 e. The monoisotopic (exact) mass is 793 g/mol. The minimum absolute atomic E-state index is 0.0346. The smallest absolute Gasteiger partial charge is 0.293 e. The molecular weight excluding hydrogens is 752 g/mol. The number of carbonyl (C=O) groups excluding carboxylic acids is 1. The Morgan fingerprint density at radius 3 is 1.92 bits per heavy atom. The molecule has 0 aliphatic heterocycles. The number of phenols is 2. The highest BCUT2D eigenvalue weighted by atomic mass is 127. The highest BCUT2D eigenvalue weighted by Crippen LogP contribution is 2.44. The molecule has 0 fully saturated rings. The second kappa shape index (κ2) is 16.0. The topological polar surface area (TPSA) is 70.0 Å². The second-order valence-corrected chi connectivity index (χ2v) is 20.1. The molecule has 212 valence electrons. The van der Waals surface area contributed by atoms with E-state index in [1.807, 2.05) is 31.3 Å². The summed E-state index contributed by atoms with van der Waals surface area (Å²) in [5.74, 6) is 0.685. The molecule has 4 radical (unpaired) electrons. The Morgan fingerprint density at radius 1 is 0.974 bits per heavy atom. The molecule has 0 spiro atoms. The molecule has 0 aliphatic rings. The van der Waals surface area contributed by atoms with Crippen molar-refractivity contribution in [1.29, 1.82) is 0 Å². The van der Waals surface area contributed by atoms with E-state index in [-0.39, 0.29) is 22.9 Å². The first-order valence-electron chi connectivity index (χ1n) is 12.8. The van der Waals surface area contributed by atoms with Crippen LogP contribution in [0.1, 0.15) is 84.5 Å². The third kappa shape index (κ3) is 10.9. The molecule has 2 N–H and O–H groups in total. The second-order valence-electron chi connectivity index (χ2n) is 11.6. The maximum atomic E-state index is 10.9. The van der Waals surface area contributed by atoms with Gasteiger partial charge in [-0.2, -0.15) is 0 Å². The van der Waals surface area contributed by atoms with Crippen LogP contribution in [-0.2, 0) is 20.4 Å². The Hall–Kier alpha value is -0.0801. The first-order chi connectivity index (χ1) is 17.9. The number of rotatable bonds is 9. The zero-order valence-corrected chi connectivity index (χ0v) is 30.6. The van der Waals surface area contributed by atoms with Crippen molar-refractivity contribution in [2.45, 2.75) is 84.7 Å². The zero-order valence-electron chi connectivity index (χ0n) is 24.5. The van der Waals surface area contributed by atoms with Gasteiger partial charge in [0.2, 0.25) is 0 Å². The van der Waals surface area contributed by atoms with E-state index in [4.69, 9.17) is 19.9 Å². The summed E-state index contributed by atoms with van der Waals surface area (Å²) < 4.78 is 4.96. The van der Waals surface area contributed by atoms with Crippen LogP contribution in [0.15, 0.2) is 30.3 Å². The van der Waals surface area contributed by atoms with Gasteiger partial charge in [0, 0.05) is 23.2 Å². The van der Waals surface area contributed by atoms with Gasteiger partial charge in [0.05, 0.1) is 0 Å². The highest BCUT2D eigenvalue weighted by molar-refractivity contribution is 14.2. The van der Waals surface area contributed by atoms with Crippen molar-refractivity contribution in [3.8, 4) is 11.5 Å². The van der Waals surface area contributed by atoms with E-state index < -0.39 is 10.9 Å². The predicted octanol–water partition coefficient (Wildman–Crippen LogP) is 7.41. The van der Waals surface area contributed by atoms with Gasteiger partial charge in [-0.3, -0.25) is 9.69 Å². The molecule has 0 bridgehead atoms. The van der Waals surface area contributed by atoms with Gasteiger partial charge in [-0.05, 0) is 71.7 Å². The van der Waals surface area contributed by atoms with Crippen molar-refractivity contribution < 1.29 is 19.7 Å². The number of carbonyl (C=O) groups is 1. The lowest BCUT2D eigenvalue weighted by molar-refractivity contribution is -0.130. The summed E-state index contributed by atoms with van der Waals surface area (Å²) in [6.45, 7) is 17.4. The van der Waals surface area contributed by atoms with Crippen LogP contribution in [-0.4, -0.2) is 56.4 Å². The van der Waals surface area contributed by atoms with E-state index in [9.17, 15) is 15.0 Å². The number of likely N-dealkylation sites (N-methyl/N-ethyl adjacent to an activating group) is 1. The molecule has 0 aromatic heterocycles. The van der Waals surface area contributed by atoms with E-state index in [1.165, 1.54) is 0 Å². The van der Waals surface area contributed by atoms with Gasteiger partial charge in [-0.25, -0.2) is 0 Å². The molecular formula is C28H41B2I2NO4P2. The summed E-state index contributed by atoms with van der Waals surface area (Å²) in [5, 5.41) is 22.8. The average molecular weight is 793 g/mol. The molecule has 4 unspecified atom stereocenters. The van der Waals surface area contributed by atoms with Gasteiger partial charge < -0.3 is 14.9 Å². The quantitative estimate of drug-likeness (QED) is 0.120. The standard InChI is InChI=1S/C18H28BINO3P.C10H13BIOP/c1-7-13(10-24-11-22)21(6)12(2)15-8-14(25(19)20)9-16(17(15)23)18(3,4)5;1-10(2,3)8-6-7(14(11)12)4-5-9(8)13/h8-9,11-13,23H,7,10H2,1-6H3;4-6,13H,1-3H3. The third-order valence-corrected chi connectivity index (χ3v) is 11.5. The molecule has 0 aliphatic carbocycles. The Labute approximate surface area is 266 Å². The number of hydrogen-bond acceptors (Lipinski definition) is 5. The van der Waals surface area contributed by atoms with Gasteiger partial charge in [-0.15, -0.1) is 0 Å². The molecule has 4 atom stereocenters. The van der Waals surface area contributed by atoms with Crippen LogP contribution in [0.5, 0.6) is 11.5 Å². The predicted molar refractivity (Wildman–Crippen MR) is 189 cm³/mol. The fourth-order valence-electron chi connectivity index (χ4n) is 4.12. The summed E-state index contributed by atoms with van der Waals surface area (Å²) in [7, 11) is 14.0. The van der Waals surface area contributed by atoms with Crippen molar-refractivity contribution in [1.82, 2.24) is 4.90 Å². The average Bonchev–Trinajstić information content (AvgIpc) is 2.83. The van der Waals surface area contributed by atoms with E-state index >= 15 is 0 Å². The normalized spacial score (nSPS) is 15.1. The van der Waals surface area contributed by atoms with Crippen LogP contribution in [0.3, 0.4) is 0 Å². The zero-order chi connectivity index (χ0) is 30.3. The third-order valence-electron chi connectivity index (χ3n) is 6.68. The maximum absolute atomic E-state index is 10.9. The number of ether oxygens (including phenoxy) is 1. The van der Waals surface area contributed by atoms with Crippen LogP contribution in [0.25, 0.3) is 0 Å². The van der Waals surface area contributed by atoms with E-state index in [1.54, 1.807) is 6.07 Å². The Balaban J connectivity index is 0.000000457. The van der Waals surface area contributed by atoms with Crippen LogP contribution in [0.2, 0.25) is 0 Å². The summed E-state index contributed by atoms with van der Waals surface area (Å²) in [6, 6.07) is 9.72. The lowest BCUT2D eigenvalue weighted by atomic mass is 9.84. The first kappa shape index (κ1) is 36.9. The van der Waals surface area contributed by atoms with Gasteiger partial charge in [0.15, 0.2) is 0 Å². The number of nitrogens with zero attached hydrogens (tertiary/aromatic N) is 1. The highest BCUT2D eigenvalue weighted by Gasteiger charge is 2.28. The van der Waals surface area contributed by atoms with E-state index in [2.05, 4.69) is 104 Å². The van der Waals surface area contributed by atoms with Crippen molar-refractivity contribution in [2.75, 3.05) is 13.7 Å². The number of phenolic OH excluding ortho intramolecular Hbond substituents is 2. The van der Waals surface area contributed by atoms with Crippen LogP contribution in [0, 0.1) is 0 Å². The van der Waals surface area contributed by atoms with Crippen molar-refractivity contribution in [3.05, 3.63) is 47.0 Å². The van der Waals surface area contributed by atoms with Crippen LogP contribution >= 0.6 is 55.0 Å². The number of hydrogen-bond donors (Lipinski definition) is 2. The number of aromatic hydroxyl groups is 2. The van der Waals surface area contributed by atoms with Gasteiger partial charge >= 0.3 is 0 Å². The fourth-order valence-corrected chi connectivity index (χ4v) is 6.84. The number of halogens is 2. The number of benzene rings is 2. The molecule has 0 heterocycles. The van der Waals surface area contributed by atoms with Crippen molar-refractivity contribution in [3.63, 3.8) is 0 Å². The minimum atomic E-state index is -0.791. The lowest BCUT2D eigenvalue weighted by Gasteiger charge is -2.34. The Bertz CT molecular complexity index is 1090. The largest absolute Gasteiger partial charge is 0.508 e. The molecule has 0 saturated carbocycles. The Kier molecular flexibility index (Phi) is 15.1. The van der Waals surface area contributed by atoms with Gasteiger partial charge in [-0.1, -0.05) is 109 Å². The molecule has 39 heavy (non-hydrogen) atoms. The first-order valence-corrected chi connectivity index (χ1v) is 21.1. The van der Waals surface area contributed by atoms with E-state index in [0.29, 0.717) is 24.6 Å². The van der Waals surface area contributed by atoms with Gasteiger partial charge in [0.1, 0.15) is 33.2 Å². The molecule has 5 nitrogen and oxygen atoms in total. The van der Waals surface area contributed by atoms with Crippen molar-refractivity contribution in [2.24, 2.45) is 0 Å². The SMILES string of the molecule is [B]P(I)c1cc(C(C)N(C)C(CC)COC=O)c(O)c(C(C)(C)C)c1.[B]P(I)c1ccc(O)c(C(C)(C)C)c1. The van der Waals surface area contributed by atoms with Gasteiger partial charge in [0.25, 0.3) is 6.47 Å². The summed E-state index contributed by atoms with van der Waals surface area (Å²) in [6.07, 6.45) is 0.844. The molecule has 2 rings (SSSR count). The van der Waals surface area contributed by atoms with E-state index in [0.717, 1.165) is 33.7 Å². The van der Waals surface area contributed by atoms with Crippen LogP contribution in [0.4, 0.5) is 0 Å². The minimum Gasteiger partial charge on any atom is -0.508 e. The molecule has 0 amide bonds.